The van der Waals surface area contributed by atoms with Crippen molar-refractivity contribution in [3.63, 3.8) is 0 Å². The van der Waals surface area contributed by atoms with Crippen LogP contribution in [0.4, 0.5) is 0 Å². The van der Waals surface area contributed by atoms with Gasteiger partial charge >= 0.3 is 0 Å². The van der Waals surface area contributed by atoms with Crippen molar-refractivity contribution in [3.8, 4) is 0 Å². The van der Waals surface area contributed by atoms with E-state index in [0.717, 1.165) is 13.0 Å². The molecule has 2 aromatic rings. The number of pyridine rings is 1. The van der Waals surface area contributed by atoms with Crippen LogP contribution in [0.2, 0.25) is 0 Å². The molecule has 1 unspecified atom stereocenters. The van der Waals surface area contributed by atoms with Gasteiger partial charge in [0.25, 0.3) is 0 Å². The molecule has 0 fully saturated rings. The summed E-state index contributed by atoms with van der Waals surface area (Å²) >= 11 is 5.42. The monoisotopic (exact) mass is 338 g/mol. The van der Waals surface area contributed by atoms with E-state index in [1.54, 1.807) is 11.3 Å². The molecule has 0 saturated carbocycles. The number of nitrogens with one attached hydrogen (secondary N) is 1. The van der Waals surface area contributed by atoms with E-state index in [0.29, 0.717) is 0 Å². The molecule has 0 aromatic carbocycles. The van der Waals surface area contributed by atoms with Crippen LogP contribution in [0, 0.1) is 13.8 Å². The summed E-state index contributed by atoms with van der Waals surface area (Å²) in [4.78, 5) is 5.62. The third-order valence-corrected chi connectivity index (χ3v) is 5.35. The van der Waals surface area contributed by atoms with Gasteiger partial charge in [0.1, 0.15) is 0 Å². The van der Waals surface area contributed by atoms with Crippen LogP contribution in [0.5, 0.6) is 0 Å². The number of aromatic nitrogens is 1. The second-order valence-electron chi connectivity index (χ2n) is 4.72. The van der Waals surface area contributed by atoms with E-state index >= 15 is 0 Å². The molecular weight excluding hydrogens is 320 g/mol. The smallest absolute Gasteiger partial charge is 0.0731 e. The third kappa shape index (κ3) is 3.44. The Kier molecular flexibility index (Phi) is 5.13. The van der Waals surface area contributed by atoms with E-state index in [9.17, 15) is 0 Å². The fourth-order valence-electron chi connectivity index (χ4n) is 2.06. The summed E-state index contributed by atoms with van der Waals surface area (Å²) in [6.45, 7) is 7.48. The minimum Gasteiger partial charge on any atom is -0.306 e. The van der Waals surface area contributed by atoms with Crippen LogP contribution >= 0.6 is 27.3 Å². The number of hydrogen-bond donors (Lipinski definition) is 1. The lowest BCUT2D eigenvalue weighted by Crippen LogP contribution is -2.23. The molecule has 0 bridgehead atoms. The van der Waals surface area contributed by atoms with E-state index < -0.39 is 0 Å². The van der Waals surface area contributed by atoms with Crippen molar-refractivity contribution in [2.45, 2.75) is 33.2 Å². The molecule has 2 nitrogen and oxygen atoms in total. The summed E-state index contributed by atoms with van der Waals surface area (Å²) in [5.74, 6) is 0. The van der Waals surface area contributed by atoms with E-state index in [-0.39, 0.29) is 6.04 Å². The first-order valence-electron chi connectivity index (χ1n) is 6.53. The zero-order valence-electron chi connectivity index (χ0n) is 11.5. The third-order valence-electron chi connectivity index (χ3n) is 3.15. The Morgan fingerprint density at radius 3 is 2.74 bits per heavy atom. The molecule has 0 saturated heterocycles. The van der Waals surface area contributed by atoms with Gasteiger partial charge in [-0.25, -0.2) is 0 Å². The maximum Gasteiger partial charge on any atom is 0.0731 e. The van der Waals surface area contributed by atoms with Crippen LogP contribution in [-0.2, 0) is 0 Å². The highest BCUT2D eigenvalue weighted by Gasteiger charge is 2.18. The van der Waals surface area contributed by atoms with Crippen molar-refractivity contribution in [2.75, 3.05) is 6.54 Å². The molecule has 0 aliphatic carbocycles. The first kappa shape index (κ1) is 14.7. The Morgan fingerprint density at radius 1 is 1.37 bits per heavy atom. The first-order chi connectivity index (χ1) is 9.13. The van der Waals surface area contributed by atoms with Gasteiger partial charge in [-0.15, -0.1) is 11.3 Å². The van der Waals surface area contributed by atoms with Crippen molar-refractivity contribution < 1.29 is 0 Å². The highest BCUT2D eigenvalue weighted by Crippen LogP contribution is 2.35. The number of thiophene rings is 1. The summed E-state index contributed by atoms with van der Waals surface area (Å²) in [7, 11) is 0. The van der Waals surface area contributed by atoms with Crippen LogP contribution in [0.3, 0.4) is 0 Å². The SMILES string of the molecule is CCCNC(c1cc(C)c(Br)s1)c1cnccc1C. The molecular formula is C15H19BrN2S. The molecule has 1 atom stereocenters. The van der Waals surface area contributed by atoms with Crippen molar-refractivity contribution >= 4 is 27.3 Å². The second kappa shape index (κ2) is 6.64. The van der Waals surface area contributed by atoms with Crippen molar-refractivity contribution in [2.24, 2.45) is 0 Å². The Bertz CT molecular complexity index is 531. The van der Waals surface area contributed by atoms with Gasteiger partial charge in [-0.2, -0.15) is 0 Å². The van der Waals surface area contributed by atoms with Gasteiger partial charge in [-0.05, 0) is 71.6 Å². The average Bonchev–Trinajstić information content (AvgIpc) is 2.72. The number of nitrogens with zero attached hydrogens (tertiary/aromatic N) is 1. The molecule has 0 aliphatic rings. The molecule has 0 amide bonds. The highest BCUT2D eigenvalue weighted by atomic mass is 79.9. The van der Waals surface area contributed by atoms with Crippen LogP contribution in [0.1, 0.15) is 41.0 Å². The lowest BCUT2D eigenvalue weighted by molar-refractivity contribution is 0.602. The van der Waals surface area contributed by atoms with Crippen molar-refractivity contribution in [1.29, 1.82) is 0 Å². The predicted octanol–water partition coefficient (Wildman–Crippen LogP) is 4.61. The van der Waals surface area contributed by atoms with Gasteiger partial charge in [0, 0.05) is 17.3 Å². The molecule has 102 valence electrons. The van der Waals surface area contributed by atoms with Crippen LogP contribution in [0.15, 0.2) is 28.3 Å². The zero-order valence-corrected chi connectivity index (χ0v) is 13.9. The average molecular weight is 339 g/mol. The van der Waals surface area contributed by atoms with Gasteiger partial charge in [0.2, 0.25) is 0 Å². The Morgan fingerprint density at radius 2 is 2.16 bits per heavy atom. The second-order valence-corrected chi connectivity index (χ2v) is 7.13. The van der Waals surface area contributed by atoms with E-state index in [2.05, 4.69) is 59.1 Å². The molecule has 0 radical (unpaired) electrons. The number of halogens is 1. The van der Waals surface area contributed by atoms with Crippen molar-refractivity contribution in [1.82, 2.24) is 10.3 Å². The quantitative estimate of drug-likeness (QED) is 0.860. The number of hydrogen-bond acceptors (Lipinski definition) is 3. The lowest BCUT2D eigenvalue weighted by Gasteiger charge is -2.19. The molecule has 0 aliphatic heterocycles. The topological polar surface area (TPSA) is 24.9 Å². The Hall–Kier alpha value is -0.710. The van der Waals surface area contributed by atoms with Gasteiger partial charge in [0.05, 0.1) is 9.83 Å². The van der Waals surface area contributed by atoms with Gasteiger partial charge in [-0.1, -0.05) is 6.92 Å². The Balaban J connectivity index is 2.38. The van der Waals surface area contributed by atoms with E-state index in [4.69, 9.17) is 0 Å². The molecule has 0 spiro atoms. The maximum absolute atomic E-state index is 4.28. The van der Waals surface area contributed by atoms with E-state index in [1.165, 1.54) is 25.4 Å². The number of rotatable bonds is 5. The Labute approximate surface area is 127 Å². The largest absolute Gasteiger partial charge is 0.306 e. The zero-order chi connectivity index (χ0) is 13.8. The summed E-state index contributed by atoms with van der Waals surface area (Å²) in [6, 6.07) is 4.57. The fraction of sp³-hybridized carbons (Fsp3) is 0.400. The molecule has 2 aromatic heterocycles. The van der Waals surface area contributed by atoms with Gasteiger partial charge < -0.3 is 5.32 Å². The van der Waals surface area contributed by atoms with Crippen LogP contribution in [-0.4, -0.2) is 11.5 Å². The first-order valence-corrected chi connectivity index (χ1v) is 8.14. The molecule has 1 N–H and O–H groups in total. The molecule has 2 rings (SSSR count). The minimum absolute atomic E-state index is 0.239. The summed E-state index contributed by atoms with van der Waals surface area (Å²) in [6.07, 6.45) is 4.96. The normalized spacial score (nSPS) is 12.6. The van der Waals surface area contributed by atoms with Crippen LogP contribution in [0.25, 0.3) is 0 Å². The summed E-state index contributed by atoms with van der Waals surface area (Å²) in [5.41, 5.74) is 3.85. The maximum atomic E-state index is 4.28. The van der Waals surface area contributed by atoms with Gasteiger partial charge in [-0.3, -0.25) is 4.98 Å². The molecule has 19 heavy (non-hydrogen) atoms. The number of aryl methyl sites for hydroxylation is 2. The molecule has 4 heteroatoms. The summed E-state index contributed by atoms with van der Waals surface area (Å²) < 4.78 is 1.22. The predicted molar refractivity (Wildman–Crippen MR) is 85.9 cm³/mol. The highest BCUT2D eigenvalue weighted by molar-refractivity contribution is 9.11. The summed E-state index contributed by atoms with van der Waals surface area (Å²) in [5, 5.41) is 3.63. The van der Waals surface area contributed by atoms with Crippen LogP contribution < -0.4 is 5.32 Å². The van der Waals surface area contributed by atoms with E-state index in [1.807, 2.05) is 12.4 Å². The minimum atomic E-state index is 0.239. The van der Waals surface area contributed by atoms with Crippen molar-refractivity contribution in [3.05, 3.63) is 49.9 Å². The standard InChI is InChI=1S/C15H19BrN2S/c1-4-6-18-14(12-9-17-7-5-10(12)2)13-8-11(3)15(16)19-13/h5,7-9,14,18H,4,6H2,1-3H3. The fourth-order valence-corrected chi connectivity index (χ4v) is 3.72. The molecule has 2 heterocycles. The van der Waals surface area contributed by atoms with Gasteiger partial charge in [0.15, 0.2) is 0 Å². The lowest BCUT2D eigenvalue weighted by atomic mass is 10.0.